The van der Waals surface area contributed by atoms with Gasteiger partial charge < -0.3 is 14.8 Å². The van der Waals surface area contributed by atoms with Gasteiger partial charge in [0, 0.05) is 31.4 Å². The van der Waals surface area contributed by atoms with Crippen LogP contribution in [0, 0.1) is 0 Å². The topological polar surface area (TPSA) is 63.1 Å². The van der Waals surface area contributed by atoms with Crippen LogP contribution in [-0.4, -0.2) is 50.5 Å². The molecule has 0 spiro atoms. The predicted octanol–water partition coefficient (Wildman–Crippen LogP) is 2.90. The van der Waals surface area contributed by atoms with Crippen LogP contribution in [-0.2, 0) is 6.54 Å². The van der Waals surface area contributed by atoms with Crippen molar-refractivity contribution in [3.63, 3.8) is 0 Å². The van der Waals surface area contributed by atoms with E-state index in [4.69, 9.17) is 0 Å². The number of carbonyl (C=O) groups excluding carboxylic acids is 1. The number of pyridine rings is 1. The molecule has 2 aliphatic rings. The smallest absolute Gasteiger partial charge is 0.256 e. The minimum atomic E-state index is 0. The number of carbonyl (C=O) groups is 1. The van der Waals surface area contributed by atoms with Crippen molar-refractivity contribution in [2.45, 2.75) is 31.5 Å². The van der Waals surface area contributed by atoms with Gasteiger partial charge in [0.2, 0.25) is 0 Å². The summed E-state index contributed by atoms with van der Waals surface area (Å²) in [5.41, 5.74) is 3.43. The summed E-state index contributed by atoms with van der Waals surface area (Å²) in [4.78, 5) is 24.1. The largest absolute Gasteiger partial charge is 0.330 e. The molecular weight excluding hydrogens is 397 g/mol. The first kappa shape index (κ1) is 20.6. The second kappa shape index (κ2) is 8.47. The Bertz CT molecular complexity index is 946. The number of halogens is 2. The summed E-state index contributed by atoms with van der Waals surface area (Å²) in [5, 5.41) is 3.41. The van der Waals surface area contributed by atoms with Gasteiger partial charge in [-0.15, -0.1) is 24.8 Å². The molecule has 2 fully saturated rings. The highest BCUT2D eigenvalue weighted by Crippen LogP contribution is 2.28. The molecule has 4 heterocycles. The zero-order chi connectivity index (χ0) is 17.5. The number of nitrogens with one attached hydrogen (secondary N) is 1. The van der Waals surface area contributed by atoms with E-state index in [1.165, 1.54) is 5.56 Å². The number of amides is 1. The second-order valence-electron chi connectivity index (χ2n) is 7.18. The number of hydrogen-bond donors (Lipinski definition) is 1. The summed E-state index contributed by atoms with van der Waals surface area (Å²) in [6, 6.07) is 12.7. The van der Waals surface area contributed by atoms with Gasteiger partial charge >= 0.3 is 0 Å². The third-order valence-corrected chi connectivity index (χ3v) is 5.51. The normalized spacial score (nSPS) is 20.5. The van der Waals surface area contributed by atoms with Gasteiger partial charge in [-0.1, -0.05) is 30.3 Å². The molecule has 2 aliphatic heterocycles. The van der Waals surface area contributed by atoms with Gasteiger partial charge in [-0.25, -0.2) is 9.97 Å². The van der Waals surface area contributed by atoms with Crippen molar-refractivity contribution >= 4 is 41.9 Å². The Balaban J connectivity index is 0.00000112. The van der Waals surface area contributed by atoms with Crippen molar-refractivity contribution in [1.82, 2.24) is 24.8 Å². The van der Waals surface area contributed by atoms with E-state index in [1.807, 2.05) is 28.8 Å². The number of rotatable bonds is 3. The molecule has 0 aliphatic carbocycles. The number of benzene rings is 1. The van der Waals surface area contributed by atoms with E-state index in [0.29, 0.717) is 17.6 Å². The van der Waals surface area contributed by atoms with Crippen LogP contribution in [0.15, 0.2) is 48.9 Å². The first-order valence-corrected chi connectivity index (χ1v) is 9.18. The summed E-state index contributed by atoms with van der Waals surface area (Å²) in [6.07, 6.45) is 5.68. The van der Waals surface area contributed by atoms with Crippen molar-refractivity contribution < 1.29 is 4.79 Å². The summed E-state index contributed by atoms with van der Waals surface area (Å²) >= 11 is 0. The van der Waals surface area contributed by atoms with Gasteiger partial charge in [-0.2, -0.15) is 0 Å². The molecule has 0 saturated carbocycles. The molecule has 28 heavy (non-hydrogen) atoms. The fraction of sp³-hybridized carbons (Fsp3) is 0.350. The summed E-state index contributed by atoms with van der Waals surface area (Å²) in [7, 11) is 0. The highest BCUT2D eigenvalue weighted by molar-refractivity contribution is 5.97. The number of aromatic nitrogens is 3. The monoisotopic (exact) mass is 419 g/mol. The average molecular weight is 420 g/mol. The van der Waals surface area contributed by atoms with E-state index in [9.17, 15) is 4.79 Å². The third kappa shape index (κ3) is 3.60. The van der Waals surface area contributed by atoms with E-state index in [0.717, 1.165) is 43.6 Å². The van der Waals surface area contributed by atoms with Crippen molar-refractivity contribution in [2.75, 3.05) is 13.1 Å². The number of imidazole rings is 1. The van der Waals surface area contributed by atoms with Gasteiger partial charge in [0.15, 0.2) is 5.65 Å². The Morgan fingerprint density at radius 2 is 1.79 bits per heavy atom. The van der Waals surface area contributed by atoms with E-state index in [2.05, 4.69) is 32.3 Å². The molecule has 6 nitrogen and oxygen atoms in total. The maximum Gasteiger partial charge on any atom is 0.256 e. The molecule has 3 aromatic rings. The summed E-state index contributed by atoms with van der Waals surface area (Å²) < 4.78 is 2.02. The van der Waals surface area contributed by atoms with E-state index in [1.54, 1.807) is 12.5 Å². The maximum absolute atomic E-state index is 13.0. The molecule has 5 rings (SSSR count). The lowest BCUT2D eigenvalue weighted by atomic mass is 10.1. The van der Waals surface area contributed by atoms with Crippen LogP contribution >= 0.6 is 24.8 Å². The molecule has 148 valence electrons. The molecule has 2 bridgehead atoms. The van der Waals surface area contributed by atoms with E-state index in [-0.39, 0.29) is 30.7 Å². The van der Waals surface area contributed by atoms with Crippen LogP contribution in [0.2, 0.25) is 0 Å². The van der Waals surface area contributed by atoms with E-state index < -0.39 is 0 Å². The lowest BCUT2D eigenvalue weighted by Gasteiger charge is -2.35. The molecule has 1 aromatic carbocycles. The Labute approximate surface area is 176 Å². The highest BCUT2D eigenvalue weighted by Gasteiger charge is 2.39. The van der Waals surface area contributed by atoms with Crippen LogP contribution < -0.4 is 5.32 Å². The Hall–Kier alpha value is -2.15. The van der Waals surface area contributed by atoms with Gasteiger partial charge in [0.1, 0.15) is 5.52 Å². The Morgan fingerprint density at radius 3 is 2.50 bits per heavy atom. The predicted molar refractivity (Wildman–Crippen MR) is 113 cm³/mol. The minimum Gasteiger partial charge on any atom is -0.330 e. The highest BCUT2D eigenvalue weighted by atomic mass is 35.5. The van der Waals surface area contributed by atoms with Crippen LogP contribution in [0.25, 0.3) is 11.2 Å². The van der Waals surface area contributed by atoms with Gasteiger partial charge in [0.25, 0.3) is 5.91 Å². The zero-order valence-electron chi connectivity index (χ0n) is 15.3. The molecular formula is C20H23Cl2N5O. The summed E-state index contributed by atoms with van der Waals surface area (Å²) in [6.45, 7) is 2.51. The Morgan fingerprint density at radius 1 is 1.07 bits per heavy atom. The summed E-state index contributed by atoms with van der Waals surface area (Å²) in [5.74, 6) is 0.0889. The first-order valence-electron chi connectivity index (χ1n) is 9.18. The molecule has 0 unspecified atom stereocenters. The zero-order valence-corrected chi connectivity index (χ0v) is 17.0. The maximum atomic E-state index is 13.0. The third-order valence-electron chi connectivity index (χ3n) is 5.51. The number of hydrogen-bond acceptors (Lipinski definition) is 4. The van der Waals surface area contributed by atoms with E-state index >= 15 is 0 Å². The SMILES string of the molecule is Cl.Cl.O=C(c1cnc2c(c1)ncn2Cc1ccccc1)N1[C@@H]2CC[C@H]1CNC2. The van der Waals surface area contributed by atoms with Gasteiger partial charge in [-0.05, 0) is 24.5 Å². The number of nitrogens with zero attached hydrogens (tertiary/aromatic N) is 4. The minimum absolute atomic E-state index is 0. The van der Waals surface area contributed by atoms with Gasteiger partial charge in [-0.3, -0.25) is 4.79 Å². The fourth-order valence-corrected chi connectivity index (χ4v) is 4.22. The van der Waals surface area contributed by atoms with Crippen molar-refractivity contribution in [3.8, 4) is 0 Å². The Kier molecular flexibility index (Phi) is 6.23. The van der Waals surface area contributed by atoms with Crippen molar-refractivity contribution in [3.05, 3.63) is 60.0 Å². The second-order valence-corrected chi connectivity index (χ2v) is 7.18. The van der Waals surface area contributed by atoms with Crippen LogP contribution in [0.1, 0.15) is 28.8 Å². The quantitative estimate of drug-likeness (QED) is 0.708. The standard InChI is InChI=1S/C20H21N5O.2ClH/c26-20(25-16-6-7-17(25)11-21-10-16)15-8-18-19(22-9-15)24(13-23-18)12-14-4-2-1-3-5-14;;/h1-5,8-9,13,16-17,21H,6-7,10-12H2;2*1H/t16-,17+;;. The molecule has 1 amide bonds. The molecule has 2 atom stereocenters. The van der Waals surface area contributed by atoms with Crippen LogP contribution in [0.4, 0.5) is 0 Å². The molecule has 2 aromatic heterocycles. The van der Waals surface area contributed by atoms with Crippen LogP contribution in [0.5, 0.6) is 0 Å². The number of piperazine rings is 1. The van der Waals surface area contributed by atoms with Crippen LogP contribution in [0.3, 0.4) is 0 Å². The number of fused-ring (bicyclic) bond motifs is 3. The lowest BCUT2D eigenvalue weighted by molar-refractivity contribution is 0.0619. The van der Waals surface area contributed by atoms with Crippen molar-refractivity contribution in [2.24, 2.45) is 0 Å². The van der Waals surface area contributed by atoms with Gasteiger partial charge in [0.05, 0.1) is 18.4 Å². The molecule has 2 saturated heterocycles. The van der Waals surface area contributed by atoms with Crippen molar-refractivity contribution in [1.29, 1.82) is 0 Å². The lowest BCUT2D eigenvalue weighted by Crippen LogP contribution is -2.54. The molecule has 0 radical (unpaired) electrons. The average Bonchev–Trinajstić information content (AvgIpc) is 3.19. The molecule has 1 N–H and O–H groups in total. The first-order chi connectivity index (χ1) is 12.8. The fourth-order valence-electron chi connectivity index (χ4n) is 4.22. The molecule has 8 heteroatoms.